The lowest BCUT2D eigenvalue weighted by Crippen LogP contribution is -2.19. The van der Waals surface area contributed by atoms with Gasteiger partial charge in [0.05, 0.1) is 11.9 Å². The Hall–Kier alpha value is -1.94. The first-order chi connectivity index (χ1) is 10.1. The first kappa shape index (κ1) is 15.4. The second kappa shape index (κ2) is 7.18. The lowest BCUT2D eigenvalue weighted by atomic mass is 10.1. The van der Waals surface area contributed by atoms with Gasteiger partial charge in [-0.25, -0.2) is 4.98 Å². The van der Waals surface area contributed by atoms with Gasteiger partial charge in [-0.15, -0.1) is 0 Å². The van der Waals surface area contributed by atoms with Crippen molar-refractivity contribution in [2.45, 2.75) is 34.2 Å². The number of nitrogens with zero attached hydrogens (tertiary/aromatic N) is 2. The summed E-state index contributed by atoms with van der Waals surface area (Å²) < 4.78 is 5.86. The van der Waals surface area contributed by atoms with Crippen molar-refractivity contribution >= 4 is 0 Å². The smallest absolute Gasteiger partial charge is 0.238 e. The topological polar surface area (TPSA) is 47.0 Å². The third kappa shape index (κ3) is 4.53. The van der Waals surface area contributed by atoms with E-state index in [-0.39, 0.29) is 0 Å². The van der Waals surface area contributed by atoms with Crippen LogP contribution in [0.1, 0.15) is 30.7 Å². The fraction of sp³-hybridized carbons (Fsp3) is 0.412. The summed E-state index contributed by atoms with van der Waals surface area (Å²) in [4.78, 5) is 8.69. The molecule has 4 heteroatoms. The monoisotopic (exact) mass is 285 g/mol. The number of hydrogen-bond donors (Lipinski definition) is 1. The van der Waals surface area contributed by atoms with E-state index in [1.807, 2.05) is 19.1 Å². The van der Waals surface area contributed by atoms with Gasteiger partial charge in [0.1, 0.15) is 5.75 Å². The maximum absolute atomic E-state index is 5.86. The number of aryl methyl sites for hydroxylation is 1. The van der Waals surface area contributed by atoms with Gasteiger partial charge in [-0.1, -0.05) is 26.0 Å². The van der Waals surface area contributed by atoms with E-state index in [1.54, 1.807) is 12.4 Å². The van der Waals surface area contributed by atoms with Crippen molar-refractivity contribution in [3.05, 3.63) is 47.4 Å². The lowest BCUT2D eigenvalue weighted by molar-refractivity contribution is 0.451. The Labute approximate surface area is 126 Å². The molecule has 1 heterocycles. The molecule has 0 aliphatic heterocycles. The molecular formula is C17H23N3O. The molecule has 0 unspecified atom stereocenters. The van der Waals surface area contributed by atoms with E-state index in [0.717, 1.165) is 23.6 Å². The molecule has 1 N–H and O–H groups in total. The zero-order valence-corrected chi connectivity index (χ0v) is 13.2. The first-order valence-electron chi connectivity index (χ1n) is 7.32. The quantitative estimate of drug-likeness (QED) is 0.880. The van der Waals surface area contributed by atoms with Crippen LogP contribution in [0, 0.1) is 19.8 Å². The summed E-state index contributed by atoms with van der Waals surface area (Å²) in [5, 5.41) is 3.35. The molecule has 4 nitrogen and oxygen atoms in total. The molecule has 0 radical (unpaired) electrons. The highest BCUT2D eigenvalue weighted by Crippen LogP contribution is 2.25. The molecular weight excluding hydrogens is 262 g/mol. The van der Waals surface area contributed by atoms with E-state index in [4.69, 9.17) is 4.74 Å². The van der Waals surface area contributed by atoms with Crippen molar-refractivity contribution in [1.82, 2.24) is 15.3 Å². The van der Waals surface area contributed by atoms with Gasteiger partial charge in [-0.3, -0.25) is 4.98 Å². The van der Waals surface area contributed by atoms with Crippen molar-refractivity contribution in [2.24, 2.45) is 5.92 Å². The van der Waals surface area contributed by atoms with Crippen LogP contribution in [-0.2, 0) is 6.54 Å². The fourth-order valence-electron chi connectivity index (χ4n) is 1.96. The van der Waals surface area contributed by atoms with Gasteiger partial charge < -0.3 is 10.1 Å². The molecule has 1 aromatic carbocycles. The van der Waals surface area contributed by atoms with Crippen molar-refractivity contribution in [2.75, 3.05) is 6.54 Å². The van der Waals surface area contributed by atoms with Crippen molar-refractivity contribution in [3.8, 4) is 11.6 Å². The summed E-state index contributed by atoms with van der Waals surface area (Å²) in [6, 6.07) is 6.01. The number of hydrogen-bond acceptors (Lipinski definition) is 4. The second-order valence-electron chi connectivity index (χ2n) is 5.67. The molecule has 2 aromatic rings. The van der Waals surface area contributed by atoms with Crippen LogP contribution < -0.4 is 10.1 Å². The summed E-state index contributed by atoms with van der Waals surface area (Å²) in [5.74, 6) is 1.98. The fourth-order valence-corrected chi connectivity index (χ4v) is 1.96. The molecule has 0 bridgehead atoms. The number of benzene rings is 1. The van der Waals surface area contributed by atoms with E-state index in [2.05, 4.69) is 42.1 Å². The third-order valence-corrected chi connectivity index (χ3v) is 3.29. The summed E-state index contributed by atoms with van der Waals surface area (Å²) in [5.41, 5.74) is 3.22. The van der Waals surface area contributed by atoms with E-state index < -0.39 is 0 Å². The summed E-state index contributed by atoms with van der Waals surface area (Å²) in [7, 11) is 0. The summed E-state index contributed by atoms with van der Waals surface area (Å²) in [6.07, 6.45) is 3.41. The second-order valence-corrected chi connectivity index (χ2v) is 5.67. The first-order valence-corrected chi connectivity index (χ1v) is 7.32. The van der Waals surface area contributed by atoms with Crippen LogP contribution in [0.15, 0.2) is 30.6 Å². The molecule has 2 rings (SSSR count). The molecule has 112 valence electrons. The van der Waals surface area contributed by atoms with Gasteiger partial charge in [0, 0.05) is 12.7 Å². The normalized spacial score (nSPS) is 10.9. The van der Waals surface area contributed by atoms with Crippen LogP contribution in [0.5, 0.6) is 11.6 Å². The maximum Gasteiger partial charge on any atom is 0.238 e. The molecule has 0 saturated carbocycles. The number of aromatic nitrogens is 2. The van der Waals surface area contributed by atoms with Crippen molar-refractivity contribution < 1.29 is 4.74 Å². The Morgan fingerprint density at radius 3 is 2.76 bits per heavy atom. The van der Waals surface area contributed by atoms with Gasteiger partial charge >= 0.3 is 0 Å². The molecule has 0 atom stereocenters. The Bertz CT molecular complexity index is 596. The van der Waals surface area contributed by atoms with E-state index >= 15 is 0 Å². The molecule has 0 saturated heterocycles. The zero-order valence-electron chi connectivity index (χ0n) is 13.2. The van der Waals surface area contributed by atoms with E-state index in [9.17, 15) is 0 Å². The number of nitrogens with one attached hydrogen (secondary N) is 1. The van der Waals surface area contributed by atoms with Crippen LogP contribution in [-0.4, -0.2) is 16.5 Å². The zero-order chi connectivity index (χ0) is 15.2. The summed E-state index contributed by atoms with van der Waals surface area (Å²) in [6.45, 7) is 10.1. The molecule has 0 spiro atoms. The molecule has 0 amide bonds. The molecule has 0 fully saturated rings. The van der Waals surface area contributed by atoms with Gasteiger partial charge in [-0.05, 0) is 43.5 Å². The minimum Gasteiger partial charge on any atom is -0.437 e. The highest BCUT2D eigenvalue weighted by atomic mass is 16.5. The largest absolute Gasteiger partial charge is 0.437 e. The lowest BCUT2D eigenvalue weighted by Gasteiger charge is -2.11. The maximum atomic E-state index is 5.86. The van der Waals surface area contributed by atoms with Crippen LogP contribution in [0.25, 0.3) is 0 Å². The van der Waals surface area contributed by atoms with Crippen LogP contribution in [0.4, 0.5) is 0 Å². The Morgan fingerprint density at radius 1 is 1.19 bits per heavy atom. The Morgan fingerprint density at radius 2 is 2.00 bits per heavy atom. The van der Waals surface area contributed by atoms with Crippen molar-refractivity contribution in [3.63, 3.8) is 0 Å². The van der Waals surface area contributed by atoms with Gasteiger partial charge in [0.2, 0.25) is 5.88 Å². The SMILES string of the molecule is Cc1cccc(Oc2cncc(CNCC(C)C)n2)c1C. The minimum atomic E-state index is 0.535. The third-order valence-electron chi connectivity index (χ3n) is 3.29. The standard InChI is InChI=1S/C17H23N3O/c1-12(2)8-18-9-15-10-19-11-17(20-15)21-16-7-5-6-13(3)14(16)4/h5-7,10-12,18H,8-9H2,1-4H3. The predicted molar refractivity (Wildman–Crippen MR) is 84.6 cm³/mol. The number of rotatable bonds is 6. The van der Waals surface area contributed by atoms with E-state index in [1.165, 1.54) is 5.56 Å². The number of ether oxygens (including phenoxy) is 1. The Balaban J connectivity index is 2.05. The van der Waals surface area contributed by atoms with Crippen LogP contribution >= 0.6 is 0 Å². The predicted octanol–water partition coefficient (Wildman–Crippen LogP) is 3.63. The molecule has 1 aromatic heterocycles. The molecule has 21 heavy (non-hydrogen) atoms. The molecule has 0 aliphatic rings. The van der Waals surface area contributed by atoms with Crippen LogP contribution in [0.2, 0.25) is 0 Å². The van der Waals surface area contributed by atoms with Gasteiger partial charge in [0.15, 0.2) is 0 Å². The van der Waals surface area contributed by atoms with Crippen LogP contribution in [0.3, 0.4) is 0 Å². The Kier molecular flexibility index (Phi) is 5.28. The highest BCUT2D eigenvalue weighted by Gasteiger charge is 2.06. The summed E-state index contributed by atoms with van der Waals surface area (Å²) >= 11 is 0. The minimum absolute atomic E-state index is 0.535. The van der Waals surface area contributed by atoms with Crippen molar-refractivity contribution in [1.29, 1.82) is 0 Å². The van der Waals surface area contributed by atoms with E-state index in [0.29, 0.717) is 18.3 Å². The molecule has 0 aliphatic carbocycles. The van der Waals surface area contributed by atoms with Gasteiger partial charge in [0.25, 0.3) is 0 Å². The average Bonchev–Trinajstić information content (AvgIpc) is 2.44. The van der Waals surface area contributed by atoms with Gasteiger partial charge in [-0.2, -0.15) is 0 Å². The highest BCUT2D eigenvalue weighted by molar-refractivity contribution is 5.40. The average molecular weight is 285 g/mol.